The van der Waals surface area contributed by atoms with Crippen LogP contribution in [0.3, 0.4) is 0 Å². The minimum atomic E-state index is -0.740. The summed E-state index contributed by atoms with van der Waals surface area (Å²) >= 11 is 0. The van der Waals surface area contributed by atoms with Gasteiger partial charge in [-0.3, -0.25) is 9.59 Å². The molecule has 0 aromatic heterocycles. The van der Waals surface area contributed by atoms with Crippen molar-refractivity contribution in [3.05, 3.63) is 60.7 Å². The van der Waals surface area contributed by atoms with Crippen LogP contribution in [0.4, 0.5) is 0 Å². The lowest BCUT2D eigenvalue weighted by Gasteiger charge is -1.98. The molecule has 0 radical (unpaired) electrons. The van der Waals surface area contributed by atoms with Crippen molar-refractivity contribution in [2.75, 3.05) is 0 Å². The molecule has 2 N–H and O–H groups in total. The van der Waals surface area contributed by atoms with Crippen LogP contribution in [0.1, 0.15) is 51.4 Å². The van der Waals surface area contributed by atoms with E-state index in [0.717, 1.165) is 38.5 Å². The molecule has 0 fully saturated rings. The van der Waals surface area contributed by atoms with Crippen LogP contribution in [0.15, 0.2) is 60.7 Å². The number of hydrogen-bond donors (Lipinski definition) is 2. The van der Waals surface area contributed by atoms with Crippen molar-refractivity contribution >= 4 is 11.9 Å². The van der Waals surface area contributed by atoms with Gasteiger partial charge in [-0.15, -0.1) is 0 Å². The largest absolute Gasteiger partial charge is 0.481 e. The average molecular weight is 356 g/mol. The Balaban J connectivity index is 0.000000262. The van der Waals surface area contributed by atoms with Crippen molar-refractivity contribution in [1.29, 1.82) is 0 Å². The smallest absolute Gasteiger partial charge is 0.303 e. The van der Waals surface area contributed by atoms with Crippen molar-refractivity contribution in [2.24, 2.45) is 0 Å². The number of carboxylic acids is 2. The van der Waals surface area contributed by atoms with E-state index in [9.17, 15) is 9.59 Å². The van der Waals surface area contributed by atoms with E-state index in [4.69, 9.17) is 10.2 Å². The lowest BCUT2D eigenvalue weighted by Crippen LogP contribution is -1.94. The van der Waals surface area contributed by atoms with Gasteiger partial charge in [0.2, 0.25) is 0 Å². The molecular formula is C22H28O4. The quantitative estimate of drug-likeness (QED) is 0.541. The van der Waals surface area contributed by atoms with Gasteiger partial charge in [0, 0.05) is 12.8 Å². The fourth-order valence-electron chi connectivity index (χ4n) is 2.52. The molecule has 0 saturated heterocycles. The maximum absolute atomic E-state index is 10.1. The Hall–Kier alpha value is -2.62. The van der Waals surface area contributed by atoms with E-state index in [1.165, 1.54) is 11.1 Å². The first kappa shape index (κ1) is 21.4. The summed E-state index contributed by atoms with van der Waals surface area (Å²) in [5.41, 5.74) is 2.55. The number of rotatable bonds is 10. The number of unbranched alkanes of at least 4 members (excludes halogenated alkanes) is 5. The summed E-state index contributed by atoms with van der Waals surface area (Å²) in [6.07, 6.45) is 5.82. The molecule has 140 valence electrons. The van der Waals surface area contributed by atoms with Crippen LogP contribution in [-0.2, 0) is 9.59 Å². The second-order valence-corrected chi connectivity index (χ2v) is 6.14. The lowest BCUT2D eigenvalue weighted by atomic mass is 10.1. The fraction of sp³-hybridized carbons (Fsp3) is 0.364. The molecule has 0 aliphatic heterocycles. The Kier molecular flexibility index (Phi) is 11.2. The molecule has 0 aliphatic carbocycles. The molecule has 0 bridgehead atoms. The average Bonchev–Trinajstić information content (AvgIpc) is 2.65. The van der Waals surface area contributed by atoms with Gasteiger partial charge in [0.25, 0.3) is 0 Å². The van der Waals surface area contributed by atoms with Gasteiger partial charge >= 0.3 is 11.9 Å². The number of benzene rings is 2. The summed E-state index contributed by atoms with van der Waals surface area (Å²) in [6, 6.07) is 20.8. The van der Waals surface area contributed by atoms with Gasteiger partial charge in [-0.25, -0.2) is 0 Å². The summed E-state index contributed by atoms with van der Waals surface area (Å²) in [5, 5.41) is 16.7. The Labute approximate surface area is 155 Å². The van der Waals surface area contributed by atoms with Crippen molar-refractivity contribution in [1.82, 2.24) is 0 Å². The van der Waals surface area contributed by atoms with E-state index in [2.05, 4.69) is 48.5 Å². The SMILES string of the molecule is O=C(O)CCCCCCCCC(=O)O.c1ccc(-c2ccccc2)cc1. The molecule has 0 spiro atoms. The normalized spacial score (nSPS) is 9.85. The minimum absolute atomic E-state index is 0.245. The predicted molar refractivity (Wildman–Crippen MR) is 104 cm³/mol. The molecule has 0 unspecified atom stereocenters. The zero-order chi connectivity index (χ0) is 19.0. The van der Waals surface area contributed by atoms with Crippen LogP contribution in [0.25, 0.3) is 11.1 Å². The monoisotopic (exact) mass is 356 g/mol. The van der Waals surface area contributed by atoms with Crippen LogP contribution in [-0.4, -0.2) is 22.2 Å². The molecule has 2 aromatic carbocycles. The van der Waals surface area contributed by atoms with E-state index in [1.54, 1.807) is 0 Å². The van der Waals surface area contributed by atoms with Crippen molar-refractivity contribution in [2.45, 2.75) is 51.4 Å². The number of aliphatic carboxylic acids is 2. The van der Waals surface area contributed by atoms with E-state index in [0.29, 0.717) is 0 Å². The van der Waals surface area contributed by atoms with E-state index >= 15 is 0 Å². The van der Waals surface area contributed by atoms with Gasteiger partial charge < -0.3 is 10.2 Å². The van der Waals surface area contributed by atoms with Gasteiger partial charge in [-0.05, 0) is 24.0 Å². The Bertz CT molecular complexity index is 566. The molecule has 0 aliphatic rings. The summed E-state index contributed by atoms with van der Waals surface area (Å²) in [4.78, 5) is 20.3. The first-order valence-electron chi connectivity index (χ1n) is 9.13. The van der Waals surface area contributed by atoms with Gasteiger partial charge in [0.05, 0.1) is 0 Å². The first-order valence-corrected chi connectivity index (χ1v) is 9.13. The molecule has 4 heteroatoms. The summed E-state index contributed by atoms with van der Waals surface area (Å²) in [5.74, 6) is -1.48. The highest BCUT2D eigenvalue weighted by Gasteiger charge is 1.98. The van der Waals surface area contributed by atoms with Crippen LogP contribution in [0.2, 0.25) is 0 Å². The first-order chi connectivity index (χ1) is 12.6. The van der Waals surface area contributed by atoms with Gasteiger partial charge in [-0.2, -0.15) is 0 Å². The summed E-state index contributed by atoms with van der Waals surface area (Å²) in [7, 11) is 0. The highest BCUT2D eigenvalue weighted by molar-refractivity contribution is 5.66. The van der Waals surface area contributed by atoms with Crippen LogP contribution < -0.4 is 0 Å². The van der Waals surface area contributed by atoms with Crippen molar-refractivity contribution in [3.8, 4) is 11.1 Å². The molecule has 0 atom stereocenters. The molecule has 0 amide bonds. The van der Waals surface area contributed by atoms with Crippen molar-refractivity contribution in [3.63, 3.8) is 0 Å². The molecule has 2 aromatic rings. The third kappa shape index (κ3) is 11.0. The number of carbonyl (C=O) groups is 2. The third-order valence-corrected chi connectivity index (χ3v) is 3.91. The fourth-order valence-corrected chi connectivity index (χ4v) is 2.52. The van der Waals surface area contributed by atoms with Crippen LogP contribution in [0.5, 0.6) is 0 Å². The van der Waals surface area contributed by atoms with Crippen molar-refractivity contribution < 1.29 is 19.8 Å². The Morgan fingerprint density at radius 1 is 0.538 bits per heavy atom. The van der Waals surface area contributed by atoms with Gasteiger partial charge in [0.1, 0.15) is 0 Å². The zero-order valence-corrected chi connectivity index (χ0v) is 15.1. The van der Waals surface area contributed by atoms with Gasteiger partial charge in [0.15, 0.2) is 0 Å². The molecule has 4 nitrogen and oxygen atoms in total. The lowest BCUT2D eigenvalue weighted by molar-refractivity contribution is -0.138. The maximum Gasteiger partial charge on any atom is 0.303 e. The topological polar surface area (TPSA) is 74.6 Å². The second kappa shape index (κ2) is 13.6. The second-order valence-electron chi connectivity index (χ2n) is 6.14. The molecule has 0 saturated carbocycles. The number of carboxylic acid groups (broad SMARTS) is 2. The highest BCUT2D eigenvalue weighted by atomic mass is 16.4. The van der Waals surface area contributed by atoms with Crippen LogP contribution >= 0.6 is 0 Å². The van der Waals surface area contributed by atoms with E-state index in [-0.39, 0.29) is 12.8 Å². The summed E-state index contributed by atoms with van der Waals surface area (Å²) < 4.78 is 0. The maximum atomic E-state index is 10.1. The highest BCUT2D eigenvalue weighted by Crippen LogP contribution is 2.17. The molecule has 26 heavy (non-hydrogen) atoms. The molecule has 2 rings (SSSR count). The summed E-state index contributed by atoms with van der Waals surface area (Å²) in [6.45, 7) is 0. The van der Waals surface area contributed by atoms with E-state index in [1.807, 2.05) is 12.1 Å². The zero-order valence-electron chi connectivity index (χ0n) is 15.1. The van der Waals surface area contributed by atoms with Gasteiger partial charge in [-0.1, -0.05) is 86.3 Å². The predicted octanol–water partition coefficient (Wildman–Crippen LogP) is 5.63. The molecule has 0 heterocycles. The number of hydrogen-bond acceptors (Lipinski definition) is 2. The van der Waals surface area contributed by atoms with Crippen LogP contribution in [0, 0.1) is 0 Å². The third-order valence-electron chi connectivity index (χ3n) is 3.91. The standard InChI is InChI=1S/C12H10.C10H18O4/c1-3-7-11(8-4-1)12-9-5-2-6-10-12;11-9(12)7-5-3-1-2-4-6-8-10(13)14/h1-10H;1-8H2,(H,11,12)(H,13,14). The molecular weight excluding hydrogens is 328 g/mol. The van der Waals surface area contributed by atoms with E-state index < -0.39 is 11.9 Å². The Morgan fingerprint density at radius 2 is 0.846 bits per heavy atom. The Morgan fingerprint density at radius 3 is 1.15 bits per heavy atom. The minimum Gasteiger partial charge on any atom is -0.481 e.